The summed E-state index contributed by atoms with van der Waals surface area (Å²) in [6.07, 6.45) is 4.28. The average molecular weight is 312 g/mol. The summed E-state index contributed by atoms with van der Waals surface area (Å²) in [5.74, 6) is -0.221. The van der Waals surface area contributed by atoms with E-state index in [1.807, 2.05) is 0 Å². The number of hydrogen-bond acceptors (Lipinski definition) is 2. The lowest BCUT2D eigenvalue weighted by Crippen LogP contribution is -2.53. The van der Waals surface area contributed by atoms with Crippen molar-refractivity contribution in [2.45, 2.75) is 51.5 Å². The maximum absolute atomic E-state index is 13.2. The van der Waals surface area contributed by atoms with Gasteiger partial charge in [0.1, 0.15) is 5.82 Å². The Balaban J connectivity index is 2.20. The molecule has 1 aliphatic rings. The molecule has 2 rings (SSSR count). The summed E-state index contributed by atoms with van der Waals surface area (Å²) in [7, 11) is 0. The predicted molar refractivity (Wildman–Crippen MR) is 84.2 cm³/mol. The van der Waals surface area contributed by atoms with Gasteiger partial charge in [0.05, 0.1) is 10.6 Å². The molecule has 0 aliphatic carbocycles. The number of carbonyl (C=O) groups excluding carboxylic acids is 1. The maximum Gasteiger partial charge on any atom is 0.157 e. The highest BCUT2D eigenvalue weighted by Gasteiger charge is 2.41. The fourth-order valence-electron chi connectivity index (χ4n) is 3.41. The number of halogens is 2. The zero-order valence-corrected chi connectivity index (χ0v) is 13.5. The van der Waals surface area contributed by atoms with Gasteiger partial charge in [0.2, 0.25) is 0 Å². The van der Waals surface area contributed by atoms with E-state index >= 15 is 0 Å². The molecular weight excluding hydrogens is 289 g/mol. The summed E-state index contributed by atoms with van der Waals surface area (Å²) >= 11 is 5.81. The summed E-state index contributed by atoms with van der Waals surface area (Å²) in [5.41, 5.74) is 0.411. The Morgan fingerprint density at radius 2 is 1.90 bits per heavy atom. The van der Waals surface area contributed by atoms with E-state index in [4.69, 9.17) is 11.6 Å². The van der Waals surface area contributed by atoms with Gasteiger partial charge in [-0.2, -0.15) is 0 Å². The van der Waals surface area contributed by atoms with Gasteiger partial charge in [-0.05, 0) is 56.5 Å². The minimum absolute atomic E-state index is 0.0834. The van der Waals surface area contributed by atoms with Gasteiger partial charge in [0, 0.05) is 6.42 Å². The Labute approximate surface area is 131 Å². The molecule has 1 aromatic carbocycles. The first kappa shape index (κ1) is 16.4. The summed E-state index contributed by atoms with van der Waals surface area (Å²) in [6.45, 7) is 6.16. The van der Waals surface area contributed by atoms with E-state index in [-0.39, 0.29) is 16.3 Å². The number of likely N-dealkylation sites (tertiary alicyclic amines) is 1. The second-order valence-corrected chi connectivity index (χ2v) is 6.19. The van der Waals surface area contributed by atoms with Crippen LogP contribution < -0.4 is 0 Å². The lowest BCUT2D eigenvalue weighted by molar-refractivity contribution is -0.130. The van der Waals surface area contributed by atoms with E-state index < -0.39 is 5.82 Å². The van der Waals surface area contributed by atoms with Crippen LogP contribution >= 0.6 is 11.6 Å². The topological polar surface area (TPSA) is 20.3 Å². The van der Waals surface area contributed by atoms with E-state index in [2.05, 4.69) is 18.7 Å². The summed E-state index contributed by atoms with van der Waals surface area (Å²) in [4.78, 5) is 15.2. The van der Waals surface area contributed by atoms with Gasteiger partial charge in [0.15, 0.2) is 5.78 Å². The molecule has 1 heterocycles. The van der Waals surface area contributed by atoms with Crippen LogP contribution in [0.25, 0.3) is 0 Å². The zero-order valence-electron chi connectivity index (χ0n) is 12.8. The van der Waals surface area contributed by atoms with Gasteiger partial charge < -0.3 is 0 Å². The molecule has 1 fully saturated rings. The minimum atomic E-state index is -0.440. The quantitative estimate of drug-likeness (QED) is 0.783. The van der Waals surface area contributed by atoms with Crippen molar-refractivity contribution >= 4 is 17.4 Å². The van der Waals surface area contributed by atoms with Crippen LogP contribution in [0.5, 0.6) is 0 Å². The molecule has 0 spiro atoms. The first-order valence-electron chi connectivity index (χ1n) is 7.75. The summed E-state index contributed by atoms with van der Waals surface area (Å²) < 4.78 is 13.2. The summed E-state index contributed by atoms with van der Waals surface area (Å²) in [5, 5.41) is 0.0834. The number of rotatable bonds is 6. The van der Waals surface area contributed by atoms with Crippen LogP contribution in [-0.4, -0.2) is 29.3 Å². The highest BCUT2D eigenvalue weighted by atomic mass is 35.5. The Morgan fingerprint density at radius 3 is 2.43 bits per heavy atom. The molecule has 0 saturated carbocycles. The monoisotopic (exact) mass is 311 g/mol. The van der Waals surface area contributed by atoms with Crippen LogP contribution in [0.2, 0.25) is 5.02 Å². The third kappa shape index (κ3) is 3.29. The van der Waals surface area contributed by atoms with Crippen LogP contribution in [0, 0.1) is 5.82 Å². The average Bonchev–Trinajstić information content (AvgIpc) is 3.00. The molecular formula is C17H23ClFNO. The smallest absolute Gasteiger partial charge is 0.157 e. The van der Waals surface area contributed by atoms with Crippen LogP contribution in [0.4, 0.5) is 4.39 Å². The Bertz CT molecular complexity index is 508. The van der Waals surface area contributed by atoms with Crippen molar-refractivity contribution in [3.8, 4) is 0 Å². The van der Waals surface area contributed by atoms with Crippen LogP contribution in [0.1, 0.15) is 45.1 Å². The minimum Gasteiger partial charge on any atom is -0.297 e. The molecule has 0 atom stereocenters. The van der Waals surface area contributed by atoms with Gasteiger partial charge in [-0.3, -0.25) is 9.69 Å². The number of Topliss-reactive ketones (excluding diaryl/α,β-unsaturated/α-hetero) is 1. The molecule has 4 heteroatoms. The second-order valence-electron chi connectivity index (χ2n) is 5.78. The molecule has 0 radical (unpaired) electrons. The van der Waals surface area contributed by atoms with Gasteiger partial charge in [0.25, 0.3) is 0 Å². The number of benzene rings is 1. The first-order chi connectivity index (χ1) is 10.0. The molecule has 0 bridgehead atoms. The van der Waals surface area contributed by atoms with Gasteiger partial charge in [-0.1, -0.05) is 31.5 Å². The normalized spacial score (nSPS) is 16.4. The Kier molecular flexibility index (Phi) is 5.39. The summed E-state index contributed by atoms with van der Waals surface area (Å²) in [6, 6.07) is 4.55. The van der Waals surface area contributed by atoms with Crippen molar-refractivity contribution in [1.82, 2.24) is 4.90 Å². The number of nitrogens with zero attached hydrogens (tertiary/aromatic N) is 1. The van der Waals surface area contributed by atoms with Crippen molar-refractivity contribution in [3.63, 3.8) is 0 Å². The fraction of sp³-hybridized carbons (Fsp3) is 0.588. The molecule has 21 heavy (non-hydrogen) atoms. The molecule has 1 aliphatic heterocycles. The van der Waals surface area contributed by atoms with Crippen molar-refractivity contribution in [2.24, 2.45) is 0 Å². The predicted octanol–water partition coefficient (Wildman–Crippen LogP) is 4.25. The third-order valence-electron chi connectivity index (χ3n) is 4.75. The Morgan fingerprint density at radius 1 is 1.29 bits per heavy atom. The van der Waals surface area contributed by atoms with E-state index in [9.17, 15) is 9.18 Å². The van der Waals surface area contributed by atoms with Crippen LogP contribution in [0.15, 0.2) is 18.2 Å². The van der Waals surface area contributed by atoms with Crippen molar-refractivity contribution in [2.75, 3.05) is 13.1 Å². The molecule has 1 aromatic rings. The molecule has 0 aromatic heterocycles. The number of carbonyl (C=O) groups is 1. The molecule has 2 nitrogen and oxygen atoms in total. The van der Waals surface area contributed by atoms with Crippen LogP contribution in [-0.2, 0) is 11.2 Å². The van der Waals surface area contributed by atoms with E-state index in [1.165, 1.54) is 6.07 Å². The van der Waals surface area contributed by atoms with Gasteiger partial charge in [-0.15, -0.1) is 0 Å². The Hall–Kier alpha value is -0.930. The fourth-order valence-corrected chi connectivity index (χ4v) is 3.62. The standard InChI is InChI=1S/C17H23ClFNO/c1-3-17(4-2,20-9-5-6-10-20)16(21)12-13-7-8-15(19)14(18)11-13/h7-8,11H,3-6,9-10,12H2,1-2H3. The highest BCUT2D eigenvalue weighted by Crippen LogP contribution is 2.30. The van der Waals surface area contributed by atoms with E-state index in [1.54, 1.807) is 12.1 Å². The zero-order chi connectivity index (χ0) is 15.5. The van der Waals surface area contributed by atoms with Crippen molar-refractivity contribution in [3.05, 3.63) is 34.6 Å². The van der Waals surface area contributed by atoms with Crippen molar-refractivity contribution in [1.29, 1.82) is 0 Å². The largest absolute Gasteiger partial charge is 0.297 e. The van der Waals surface area contributed by atoms with Crippen LogP contribution in [0.3, 0.4) is 0 Å². The van der Waals surface area contributed by atoms with E-state index in [0.29, 0.717) is 6.42 Å². The number of ketones is 1. The molecule has 0 amide bonds. The SMILES string of the molecule is CCC(CC)(C(=O)Cc1ccc(F)c(Cl)c1)N1CCCC1. The first-order valence-corrected chi connectivity index (χ1v) is 8.13. The van der Waals surface area contributed by atoms with E-state index in [0.717, 1.165) is 44.3 Å². The molecule has 0 unspecified atom stereocenters. The third-order valence-corrected chi connectivity index (χ3v) is 5.04. The highest BCUT2D eigenvalue weighted by molar-refractivity contribution is 6.30. The lowest BCUT2D eigenvalue weighted by Gasteiger charge is -2.39. The molecule has 1 saturated heterocycles. The van der Waals surface area contributed by atoms with Gasteiger partial charge in [-0.25, -0.2) is 4.39 Å². The number of hydrogen-bond donors (Lipinski definition) is 0. The van der Waals surface area contributed by atoms with Crippen molar-refractivity contribution < 1.29 is 9.18 Å². The second kappa shape index (κ2) is 6.89. The lowest BCUT2D eigenvalue weighted by atomic mass is 9.83. The molecule has 0 N–H and O–H groups in total. The molecule has 116 valence electrons. The maximum atomic E-state index is 13.2. The van der Waals surface area contributed by atoms with Gasteiger partial charge >= 0.3 is 0 Å².